The molecule has 0 fully saturated rings. The summed E-state index contributed by atoms with van der Waals surface area (Å²) >= 11 is 0. The molecule has 0 amide bonds. The van der Waals surface area contributed by atoms with Crippen LogP contribution in [-0.2, 0) is 0 Å². The Kier molecular flexibility index (Phi) is 1.85. The van der Waals surface area contributed by atoms with Crippen molar-refractivity contribution in [1.29, 1.82) is 0 Å². The van der Waals surface area contributed by atoms with Crippen LogP contribution < -0.4 is 0 Å². The summed E-state index contributed by atoms with van der Waals surface area (Å²) in [5.74, 6) is -1.24. The highest BCUT2D eigenvalue weighted by atomic mass is 16.4. The summed E-state index contributed by atoms with van der Waals surface area (Å²) in [7, 11) is 0. The Balaban J connectivity index is 2.87. The van der Waals surface area contributed by atoms with Crippen molar-refractivity contribution in [2.24, 2.45) is 0 Å². The van der Waals surface area contributed by atoms with Gasteiger partial charge in [0, 0.05) is 6.07 Å². The van der Waals surface area contributed by atoms with Crippen molar-refractivity contribution in [3.8, 4) is 5.75 Å². The fourth-order valence-corrected chi connectivity index (χ4v) is 1.40. The quantitative estimate of drug-likeness (QED) is 0.718. The van der Waals surface area contributed by atoms with E-state index in [9.17, 15) is 9.90 Å². The molecule has 1 radical (unpaired) electrons. The molecule has 2 aromatic carbocycles. The van der Waals surface area contributed by atoms with E-state index in [-0.39, 0.29) is 11.3 Å². The van der Waals surface area contributed by atoms with Gasteiger partial charge in [0.2, 0.25) is 0 Å². The number of aromatic carboxylic acids is 1. The second-order valence-electron chi connectivity index (χ2n) is 2.92. The van der Waals surface area contributed by atoms with Crippen molar-refractivity contribution in [3.05, 3.63) is 42.0 Å². The van der Waals surface area contributed by atoms with Crippen molar-refractivity contribution in [2.75, 3.05) is 0 Å². The van der Waals surface area contributed by atoms with E-state index in [1.54, 1.807) is 24.3 Å². The van der Waals surface area contributed by atoms with E-state index in [2.05, 4.69) is 6.07 Å². The third-order valence-electron chi connectivity index (χ3n) is 1.99. The first kappa shape index (κ1) is 8.56. The van der Waals surface area contributed by atoms with Crippen LogP contribution in [0, 0.1) is 6.07 Å². The van der Waals surface area contributed by atoms with Crippen molar-refractivity contribution in [2.45, 2.75) is 0 Å². The first-order chi connectivity index (χ1) is 6.68. The highest BCUT2D eigenvalue weighted by Gasteiger charge is 2.09. The number of fused-ring (bicyclic) bond motifs is 1. The molecule has 69 valence electrons. The molecular formula is C11H7O3. The van der Waals surface area contributed by atoms with Crippen LogP contribution in [-0.4, -0.2) is 16.2 Å². The van der Waals surface area contributed by atoms with Crippen LogP contribution >= 0.6 is 0 Å². The largest absolute Gasteiger partial charge is 0.507 e. The van der Waals surface area contributed by atoms with Crippen molar-refractivity contribution < 1.29 is 15.0 Å². The molecule has 0 bridgehead atoms. The van der Waals surface area contributed by atoms with Crippen molar-refractivity contribution >= 4 is 16.7 Å². The summed E-state index contributed by atoms with van der Waals surface area (Å²) in [5, 5.41) is 19.4. The molecule has 0 spiro atoms. The molecule has 0 unspecified atom stereocenters. The number of phenols is 1. The second kappa shape index (κ2) is 3.03. The normalized spacial score (nSPS) is 10.3. The van der Waals surface area contributed by atoms with Crippen LogP contribution in [0.1, 0.15) is 10.4 Å². The Hall–Kier alpha value is -2.03. The average molecular weight is 187 g/mol. The van der Waals surface area contributed by atoms with Gasteiger partial charge in [-0.1, -0.05) is 24.3 Å². The lowest BCUT2D eigenvalue weighted by atomic mass is 10.0. The van der Waals surface area contributed by atoms with Gasteiger partial charge in [-0.2, -0.15) is 0 Å². The van der Waals surface area contributed by atoms with E-state index >= 15 is 0 Å². The molecule has 0 aromatic heterocycles. The second-order valence-corrected chi connectivity index (χ2v) is 2.92. The van der Waals surface area contributed by atoms with E-state index in [4.69, 9.17) is 5.11 Å². The molecule has 0 saturated heterocycles. The van der Waals surface area contributed by atoms with Gasteiger partial charge in [0.05, 0.1) is 5.56 Å². The zero-order valence-corrected chi connectivity index (χ0v) is 7.19. The van der Waals surface area contributed by atoms with Gasteiger partial charge >= 0.3 is 5.97 Å². The zero-order chi connectivity index (χ0) is 10.1. The van der Waals surface area contributed by atoms with Crippen LogP contribution in [0.3, 0.4) is 0 Å². The zero-order valence-electron chi connectivity index (χ0n) is 7.19. The van der Waals surface area contributed by atoms with Gasteiger partial charge in [0.1, 0.15) is 5.75 Å². The van der Waals surface area contributed by atoms with Crippen LogP contribution in [0.5, 0.6) is 5.75 Å². The van der Waals surface area contributed by atoms with Crippen LogP contribution in [0.25, 0.3) is 10.8 Å². The Morgan fingerprint density at radius 1 is 1.29 bits per heavy atom. The van der Waals surface area contributed by atoms with Gasteiger partial charge in [-0.15, -0.1) is 0 Å². The summed E-state index contributed by atoms with van der Waals surface area (Å²) in [4.78, 5) is 10.8. The van der Waals surface area contributed by atoms with Gasteiger partial charge in [0.15, 0.2) is 0 Å². The number of hydrogen-bond acceptors (Lipinski definition) is 2. The minimum atomic E-state index is -1.09. The predicted molar refractivity (Wildman–Crippen MR) is 51.4 cm³/mol. The lowest BCUT2D eigenvalue weighted by Crippen LogP contribution is -1.97. The number of carboxylic acid groups (broad SMARTS) is 1. The topological polar surface area (TPSA) is 57.5 Å². The number of rotatable bonds is 1. The van der Waals surface area contributed by atoms with Gasteiger partial charge < -0.3 is 10.2 Å². The van der Waals surface area contributed by atoms with E-state index in [1.807, 2.05) is 0 Å². The van der Waals surface area contributed by atoms with Gasteiger partial charge in [-0.05, 0) is 16.8 Å². The number of phenolic OH excluding ortho intramolecular Hbond substituents is 1. The maximum Gasteiger partial charge on any atom is 0.337 e. The maximum absolute atomic E-state index is 10.8. The highest BCUT2D eigenvalue weighted by molar-refractivity contribution is 6.04. The first-order valence-electron chi connectivity index (χ1n) is 4.06. The lowest BCUT2D eigenvalue weighted by molar-refractivity contribution is 0.0698. The van der Waals surface area contributed by atoms with Gasteiger partial charge in [-0.3, -0.25) is 0 Å². The van der Waals surface area contributed by atoms with Gasteiger partial charge in [0.25, 0.3) is 0 Å². The van der Waals surface area contributed by atoms with Crippen molar-refractivity contribution in [3.63, 3.8) is 0 Å². The molecule has 0 atom stereocenters. The Labute approximate surface area is 80.2 Å². The molecule has 3 heteroatoms. The standard InChI is InChI=1S/C11H7O3/c12-8-5-7-3-1-2-4-9(7)10(6-8)11(13)14/h1-5,12H,(H,13,14). The SMILES string of the molecule is O=C(O)c1[c]c(O)cc2ccccc12. The van der Waals surface area contributed by atoms with E-state index in [1.165, 1.54) is 6.07 Å². The monoisotopic (exact) mass is 187 g/mol. The molecule has 2 rings (SSSR count). The van der Waals surface area contributed by atoms with E-state index in [0.29, 0.717) is 10.8 Å². The van der Waals surface area contributed by atoms with Crippen LogP contribution in [0.15, 0.2) is 30.3 Å². The summed E-state index contributed by atoms with van der Waals surface area (Å²) in [5.41, 5.74) is 0.000556. The molecule has 0 heterocycles. The fraction of sp³-hybridized carbons (Fsp3) is 0. The molecule has 0 aliphatic carbocycles. The van der Waals surface area contributed by atoms with E-state index in [0.717, 1.165) is 0 Å². The highest BCUT2D eigenvalue weighted by Crippen LogP contribution is 2.23. The Morgan fingerprint density at radius 2 is 2.00 bits per heavy atom. The smallest absolute Gasteiger partial charge is 0.337 e. The Morgan fingerprint density at radius 3 is 2.71 bits per heavy atom. The third-order valence-corrected chi connectivity index (χ3v) is 1.99. The van der Waals surface area contributed by atoms with Crippen molar-refractivity contribution in [1.82, 2.24) is 0 Å². The number of benzene rings is 2. The summed E-state index contributed by atoms with van der Waals surface area (Å²) < 4.78 is 0. The minimum absolute atomic E-state index is 0.000556. The molecule has 0 saturated carbocycles. The van der Waals surface area contributed by atoms with E-state index < -0.39 is 5.97 Å². The summed E-state index contributed by atoms with van der Waals surface area (Å²) in [6.45, 7) is 0. The molecule has 2 N–H and O–H groups in total. The first-order valence-corrected chi connectivity index (χ1v) is 4.06. The molecule has 3 nitrogen and oxygen atoms in total. The molecule has 0 aliphatic heterocycles. The Bertz CT molecular complexity index is 503. The molecule has 14 heavy (non-hydrogen) atoms. The summed E-state index contributed by atoms with van der Waals surface area (Å²) in [6, 6.07) is 10.9. The fourth-order valence-electron chi connectivity index (χ4n) is 1.40. The number of carbonyl (C=O) groups is 1. The molecule has 0 aliphatic rings. The maximum atomic E-state index is 10.8. The number of aromatic hydroxyl groups is 1. The van der Waals surface area contributed by atoms with Crippen LogP contribution in [0.2, 0.25) is 0 Å². The summed E-state index contributed by atoms with van der Waals surface area (Å²) in [6.07, 6.45) is 0. The molecular weight excluding hydrogens is 180 g/mol. The third kappa shape index (κ3) is 1.29. The lowest BCUT2D eigenvalue weighted by Gasteiger charge is -2.02. The van der Waals surface area contributed by atoms with Gasteiger partial charge in [-0.25, -0.2) is 4.79 Å². The number of hydrogen-bond donors (Lipinski definition) is 2. The molecule has 2 aromatic rings. The predicted octanol–water partition coefficient (Wildman–Crippen LogP) is 2.04. The number of carboxylic acids is 1. The average Bonchev–Trinajstić information content (AvgIpc) is 2.16. The van der Waals surface area contributed by atoms with Crippen LogP contribution in [0.4, 0.5) is 0 Å². The minimum Gasteiger partial charge on any atom is -0.507 e.